The zero-order valence-electron chi connectivity index (χ0n) is 15.5. The normalized spacial score (nSPS) is 20.5. The zero-order valence-corrected chi connectivity index (χ0v) is 18.0. The SMILES string of the molecule is CCS(=O)(=O)c1ccc(N2CCC(NC(=O)C3CCCN3)CC2)cc1.Cl.Cl. The fourth-order valence-corrected chi connectivity index (χ4v) is 4.41. The van der Waals surface area contributed by atoms with Gasteiger partial charge >= 0.3 is 0 Å². The number of amides is 1. The number of halogens is 2. The highest BCUT2D eigenvalue weighted by atomic mass is 35.5. The highest BCUT2D eigenvalue weighted by Gasteiger charge is 2.26. The van der Waals surface area contributed by atoms with E-state index in [-0.39, 0.29) is 48.6 Å². The quantitative estimate of drug-likeness (QED) is 0.737. The molecule has 0 radical (unpaired) electrons. The van der Waals surface area contributed by atoms with E-state index in [0.29, 0.717) is 4.90 Å². The van der Waals surface area contributed by atoms with Crippen LogP contribution >= 0.6 is 24.8 Å². The van der Waals surface area contributed by atoms with E-state index in [1.165, 1.54) is 0 Å². The minimum atomic E-state index is -3.15. The summed E-state index contributed by atoms with van der Waals surface area (Å²) < 4.78 is 23.8. The second-order valence-electron chi connectivity index (χ2n) is 6.82. The van der Waals surface area contributed by atoms with Gasteiger partial charge in [-0.15, -0.1) is 24.8 Å². The van der Waals surface area contributed by atoms with Gasteiger partial charge in [0.15, 0.2) is 9.84 Å². The third-order valence-electron chi connectivity index (χ3n) is 5.16. The van der Waals surface area contributed by atoms with Crippen LogP contribution in [0.5, 0.6) is 0 Å². The first-order valence-corrected chi connectivity index (χ1v) is 10.8. The minimum absolute atomic E-state index is 0. The van der Waals surface area contributed by atoms with Crippen molar-refractivity contribution in [3.8, 4) is 0 Å². The van der Waals surface area contributed by atoms with Crippen molar-refractivity contribution in [2.24, 2.45) is 0 Å². The molecule has 1 amide bonds. The fourth-order valence-electron chi connectivity index (χ4n) is 3.52. The lowest BCUT2D eigenvalue weighted by Gasteiger charge is -2.34. The molecule has 2 saturated heterocycles. The van der Waals surface area contributed by atoms with E-state index in [1.54, 1.807) is 19.1 Å². The lowest BCUT2D eigenvalue weighted by atomic mass is 10.0. The smallest absolute Gasteiger partial charge is 0.237 e. The number of nitrogens with zero attached hydrogens (tertiary/aromatic N) is 1. The minimum Gasteiger partial charge on any atom is -0.371 e. The molecule has 2 heterocycles. The molecule has 0 spiro atoms. The average molecular weight is 438 g/mol. The molecule has 6 nitrogen and oxygen atoms in total. The van der Waals surface area contributed by atoms with Gasteiger partial charge in [-0.25, -0.2) is 8.42 Å². The number of carbonyl (C=O) groups is 1. The van der Waals surface area contributed by atoms with Crippen LogP contribution in [0.1, 0.15) is 32.6 Å². The lowest BCUT2D eigenvalue weighted by Crippen LogP contribution is -2.49. The molecule has 1 aromatic carbocycles. The van der Waals surface area contributed by atoms with E-state index in [0.717, 1.165) is 51.0 Å². The van der Waals surface area contributed by atoms with Crippen LogP contribution in [0.2, 0.25) is 0 Å². The molecule has 2 aliphatic rings. The zero-order chi connectivity index (χ0) is 17.9. The van der Waals surface area contributed by atoms with E-state index in [2.05, 4.69) is 15.5 Å². The molecule has 0 saturated carbocycles. The standard InChI is InChI=1S/C18H27N3O3S.2ClH/c1-2-25(23,24)16-7-5-15(6-8-16)21-12-9-14(10-13-21)20-18(22)17-4-3-11-19-17;;/h5-8,14,17,19H,2-4,9-13H2,1H3,(H,20,22);2*1H. The number of piperidine rings is 1. The fraction of sp³-hybridized carbons (Fsp3) is 0.611. The second-order valence-corrected chi connectivity index (χ2v) is 9.09. The van der Waals surface area contributed by atoms with Gasteiger partial charge < -0.3 is 15.5 Å². The van der Waals surface area contributed by atoms with E-state index in [9.17, 15) is 13.2 Å². The van der Waals surface area contributed by atoms with Crippen molar-refractivity contribution in [2.45, 2.75) is 49.6 Å². The molecule has 27 heavy (non-hydrogen) atoms. The molecule has 154 valence electrons. The molecule has 2 aliphatic heterocycles. The molecular weight excluding hydrogens is 409 g/mol. The third kappa shape index (κ3) is 5.98. The highest BCUT2D eigenvalue weighted by Crippen LogP contribution is 2.22. The van der Waals surface area contributed by atoms with Gasteiger partial charge in [0, 0.05) is 24.8 Å². The number of anilines is 1. The number of hydrogen-bond donors (Lipinski definition) is 2. The first kappa shape index (κ1) is 24.0. The van der Waals surface area contributed by atoms with Crippen LogP contribution in [0.15, 0.2) is 29.2 Å². The van der Waals surface area contributed by atoms with Gasteiger partial charge in [-0.2, -0.15) is 0 Å². The molecule has 2 N–H and O–H groups in total. The van der Waals surface area contributed by atoms with Gasteiger partial charge in [-0.3, -0.25) is 4.79 Å². The summed E-state index contributed by atoms with van der Waals surface area (Å²) in [5.41, 5.74) is 1.04. The summed E-state index contributed by atoms with van der Waals surface area (Å²) >= 11 is 0. The van der Waals surface area contributed by atoms with Crippen molar-refractivity contribution in [1.82, 2.24) is 10.6 Å². The summed E-state index contributed by atoms with van der Waals surface area (Å²) in [6.45, 7) is 4.31. The number of benzene rings is 1. The maximum Gasteiger partial charge on any atom is 0.237 e. The van der Waals surface area contributed by atoms with Crippen molar-refractivity contribution < 1.29 is 13.2 Å². The molecule has 0 aliphatic carbocycles. The Bertz CT molecular complexity index is 699. The van der Waals surface area contributed by atoms with Crippen LogP contribution < -0.4 is 15.5 Å². The summed E-state index contributed by atoms with van der Waals surface area (Å²) in [5.74, 6) is 0.248. The Morgan fingerprint density at radius 3 is 2.30 bits per heavy atom. The molecular formula is C18H29Cl2N3O3S. The largest absolute Gasteiger partial charge is 0.371 e. The molecule has 1 atom stereocenters. The van der Waals surface area contributed by atoms with E-state index >= 15 is 0 Å². The molecule has 1 unspecified atom stereocenters. The first-order chi connectivity index (χ1) is 12.0. The van der Waals surface area contributed by atoms with Crippen LogP contribution in [0.4, 0.5) is 5.69 Å². The summed E-state index contributed by atoms with van der Waals surface area (Å²) in [7, 11) is -3.15. The van der Waals surface area contributed by atoms with Gasteiger partial charge in [0.1, 0.15) is 0 Å². The topological polar surface area (TPSA) is 78.5 Å². The van der Waals surface area contributed by atoms with Crippen LogP contribution in [0, 0.1) is 0 Å². The Morgan fingerprint density at radius 2 is 1.78 bits per heavy atom. The number of nitrogens with one attached hydrogen (secondary N) is 2. The first-order valence-electron chi connectivity index (χ1n) is 9.11. The van der Waals surface area contributed by atoms with Crippen molar-refractivity contribution >= 4 is 46.2 Å². The van der Waals surface area contributed by atoms with Crippen molar-refractivity contribution in [3.05, 3.63) is 24.3 Å². The summed E-state index contributed by atoms with van der Waals surface area (Å²) in [4.78, 5) is 14.8. The number of hydrogen-bond acceptors (Lipinski definition) is 5. The van der Waals surface area contributed by atoms with Crippen LogP contribution in [0.3, 0.4) is 0 Å². The Kier molecular flexibility index (Phi) is 9.34. The summed E-state index contributed by atoms with van der Waals surface area (Å²) in [6, 6.07) is 7.34. The maximum atomic E-state index is 12.2. The van der Waals surface area contributed by atoms with Crippen LogP contribution in [-0.4, -0.2) is 51.8 Å². The maximum absolute atomic E-state index is 12.2. The molecule has 3 rings (SSSR count). The second kappa shape index (κ2) is 10.5. The highest BCUT2D eigenvalue weighted by molar-refractivity contribution is 7.91. The third-order valence-corrected chi connectivity index (χ3v) is 6.91. The Morgan fingerprint density at radius 1 is 1.15 bits per heavy atom. The average Bonchev–Trinajstić information content (AvgIpc) is 3.17. The van der Waals surface area contributed by atoms with Crippen LogP contribution in [-0.2, 0) is 14.6 Å². The predicted molar refractivity (Wildman–Crippen MR) is 113 cm³/mol. The van der Waals surface area contributed by atoms with Gasteiger partial charge in [0.2, 0.25) is 5.91 Å². The molecule has 0 aromatic heterocycles. The summed E-state index contributed by atoms with van der Waals surface area (Å²) in [6.07, 6.45) is 3.82. The monoisotopic (exact) mass is 437 g/mol. The number of sulfone groups is 1. The van der Waals surface area contributed by atoms with E-state index in [1.807, 2.05) is 12.1 Å². The van der Waals surface area contributed by atoms with E-state index < -0.39 is 9.84 Å². The molecule has 9 heteroatoms. The van der Waals surface area contributed by atoms with Gasteiger partial charge in [-0.05, 0) is 56.5 Å². The molecule has 0 bridgehead atoms. The van der Waals surface area contributed by atoms with Gasteiger partial charge in [-0.1, -0.05) is 6.92 Å². The predicted octanol–water partition coefficient (Wildman–Crippen LogP) is 2.16. The Balaban J connectivity index is 0.00000182. The molecule has 1 aromatic rings. The van der Waals surface area contributed by atoms with Crippen molar-refractivity contribution in [3.63, 3.8) is 0 Å². The summed E-state index contributed by atoms with van der Waals surface area (Å²) in [5, 5.41) is 6.39. The Labute approximate surface area is 174 Å². The lowest BCUT2D eigenvalue weighted by molar-refractivity contribution is -0.123. The van der Waals surface area contributed by atoms with Gasteiger partial charge in [0.05, 0.1) is 16.7 Å². The van der Waals surface area contributed by atoms with Crippen LogP contribution in [0.25, 0.3) is 0 Å². The van der Waals surface area contributed by atoms with Crippen molar-refractivity contribution in [1.29, 1.82) is 0 Å². The molecule has 2 fully saturated rings. The van der Waals surface area contributed by atoms with Crippen molar-refractivity contribution in [2.75, 3.05) is 30.3 Å². The van der Waals surface area contributed by atoms with Gasteiger partial charge in [0.25, 0.3) is 0 Å². The number of rotatable bonds is 5. The number of carbonyl (C=O) groups excluding carboxylic acids is 1. The Hall–Kier alpha value is -1.02. The van der Waals surface area contributed by atoms with E-state index in [4.69, 9.17) is 0 Å².